The maximum absolute atomic E-state index is 9.98. The SMILES string of the molecule is CCCC[C@@H]([C@H](C)OCc1ccc(OC)cc1)[C@@H](CO)OCC(OCC)OCC. The maximum atomic E-state index is 9.98. The Balaban J connectivity index is 2.68. The molecule has 0 heterocycles. The maximum Gasteiger partial charge on any atom is 0.180 e. The summed E-state index contributed by atoms with van der Waals surface area (Å²) in [4.78, 5) is 0. The fourth-order valence-corrected chi connectivity index (χ4v) is 3.27. The van der Waals surface area contributed by atoms with Gasteiger partial charge in [-0.1, -0.05) is 31.9 Å². The highest BCUT2D eigenvalue weighted by molar-refractivity contribution is 5.26. The Kier molecular flexibility index (Phi) is 13.9. The molecule has 0 aliphatic heterocycles. The van der Waals surface area contributed by atoms with E-state index in [9.17, 15) is 5.11 Å². The lowest BCUT2D eigenvalue weighted by Gasteiger charge is -2.32. The second-order valence-electron chi connectivity index (χ2n) is 7.06. The molecule has 168 valence electrons. The first-order valence-corrected chi connectivity index (χ1v) is 10.8. The standard InChI is InChI=1S/C23H40O6/c1-6-9-10-21(22(15-24)29-17-23(26-7-2)27-8-3)18(4)28-16-19-11-13-20(25-5)14-12-19/h11-14,18,21-24H,6-10,15-17H2,1-5H3/t18-,21-,22+/m0/s1. The molecular formula is C23H40O6. The first-order valence-electron chi connectivity index (χ1n) is 10.8. The van der Waals surface area contributed by atoms with E-state index in [1.807, 2.05) is 38.1 Å². The number of rotatable bonds is 17. The van der Waals surface area contributed by atoms with Gasteiger partial charge in [0.25, 0.3) is 0 Å². The predicted octanol–water partition coefficient (Wildman–Crippen LogP) is 4.18. The number of methoxy groups -OCH3 is 1. The van der Waals surface area contributed by atoms with E-state index in [-0.39, 0.29) is 24.7 Å². The number of unbranched alkanes of at least 4 members (excludes halogenated alkanes) is 1. The van der Waals surface area contributed by atoms with E-state index in [2.05, 4.69) is 13.8 Å². The molecule has 6 nitrogen and oxygen atoms in total. The summed E-state index contributed by atoms with van der Waals surface area (Å²) in [6.45, 7) is 9.91. The zero-order valence-corrected chi connectivity index (χ0v) is 18.8. The first kappa shape index (κ1) is 25.9. The van der Waals surface area contributed by atoms with Crippen LogP contribution in [0.25, 0.3) is 0 Å². The third-order valence-corrected chi connectivity index (χ3v) is 4.97. The molecule has 29 heavy (non-hydrogen) atoms. The predicted molar refractivity (Wildman–Crippen MR) is 114 cm³/mol. The Morgan fingerprint density at radius 2 is 1.59 bits per heavy atom. The van der Waals surface area contributed by atoms with Gasteiger partial charge in [-0.05, 0) is 44.9 Å². The molecule has 0 saturated heterocycles. The van der Waals surface area contributed by atoms with Crippen LogP contribution in [0.5, 0.6) is 5.75 Å². The molecule has 0 bridgehead atoms. The summed E-state index contributed by atoms with van der Waals surface area (Å²) in [5, 5.41) is 9.98. The van der Waals surface area contributed by atoms with Gasteiger partial charge in [0.15, 0.2) is 6.29 Å². The molecule has 0 fully saturated rings. The molecular weight excluding hydrogens is 372 g/mol. The molecule has 3 atom stereocenters. The number of aliphatic hydroxyl groups excluding tert-OH is 1. The first-order chi connectivity index (χ1) is 14.1. The smallest absolute Gasteiger partial charge is 0.180 e. The lowest BCUT2D eigenvalue weighted by atomic mass is 9.91. The lowest BCUT2D eigenvalue weighted by Crippen LogP contribution is -2.38. The zero-order chi connectivity index (χ0) is 21.5. The van der Waals surface area contributed by atoms with Crippen molar-refractivity contribution in [1.29, 1.82) is 0 Å². The fraction of sp³-hybridized carbons (Fsp3) is 0.739. The third-order valence-electron chi connectivity index (χ3n) is 4.97. The largest absolute Gasteiger partial charge is 0.497 e. The number of benzene rings is 1. The van der Waals surface area contributed by atoms with E-state index >= 15 is 0 Å². The van der Waals surface area contributed by atoms with Gasteiger partial charge >= 0.3 is 0 Å². The van der Waals surface area contributed by atoms with Gasteiger partial charge in [-0.2, -0.15) is 0 Å². The monoisotopic (exact) mass is 412 g/mol. The van der Waals surface area contributed by atoms with Crippen molar-refractivity contribution in [2.75, 3.05) is 33.5 Å². The Morgan fingerprint density at radius 3 is 2.10 bits per heavy atom. The van der Waals surface area contributed by atoms with Crippen molar-refractivity contribution in [2.24, 2.45) is 5.92 Å². The molecule has 1 aromatic carbocycles. The van der Waals surface area contributed by atoms with Crippen LogP contribution in [0.3, 0.4) is 0 Å². The summed E-state index contributed by atoms with van der Waals surface area (Å²) in [5.41, 5.74) is 1.08. The van der Waals surface area contributed by atoms with E-state index < -0.39 is 6.29 Å². The van der Waals surface area contributed by atoms with Gasteiger partial charge in [0, 0.05) is 19.1 Å². The highest BCUT2D eigenvalue weighted by Crippen LogP contribution is 2.24. The van der Waals surface area contributed by atoms with E-state index in [0.717, 1.165) is 30.6 Å². The van der Waals surface area contributed by atoms with E-state index in [1.54, 1.807) is 7.11 Å². The van der Waals surface area contributed by atoms with Crippen molar-refractivity contribution in [3.05, 3.63) is 29.8 Å². The molecule has 1 rings (SSSR count). The van der Waals surface area contributed by atoms with Crippen molar-refractivity contribution >= 4 is 0 Å². The molecule has 0 aromatic heterocycles. The van der Waals surface area contributed by atoms with Gasteiger partial charge in [0.2, 0.25) is 0 Å². The minimum absolute atomic E-state index is 0.0570. The van der Waals surface area contributed by atoms with Gasteiger partial charge in [-0.15, -0.1) is 0 Å². The normalized spacial score (nSPS) is 14.7. The lowest BCUT2D eigenvalue weighted by molar-refractivity contribution is -0.189. The summed E-state index contributed by atoms with van der Waals surface area (Å²) in [5.74, 6) is 0.914. The minimum Gasteiger partial charge on any atom is -0.497 e. The summed E-state index contributed by atoms with van der Waals surface area (Å²) in [6.07, 6.45) is 2.27. The van der Waals surface area contributed by atoms with Crippen LogP contribution in [-0.2, 0) is 25.6 Å². The molecule has 0 saturated carbocycles. The molecule has 1 aromatic rings. The molecule has 0 amide bonds. The summed E-state index contributed by atoms with van der Waals surface area (Å²) in [7, 11) is 1.66. The second-order valence-corrected chi connectivity index (χ2v) is 7.06. The average molecular weight is 413 g/mol. The van der Waals surface area contributed by atoms with Crippen LogP contribution < -0.4 is 4.74 Å². The van der Waals surface area contributed by atoms with Crippen molar-refractivity contribution in [1.82, 2.24) is 0 Å². The Hall–Kier alpha value is -1.18. The van der Waals surface area contributed by atoms with Gasteiger partial charge in [-0.3, -0.25) is 0 Å². The van der Waals surface area contributed by atoms with Crippen molar-refractivity contribution in [2.45, 2.75) is 72.1 Å². The van der Waals surface area contributed by atoms with E-state index in [0.29, 0.717) is 26.4 Å². The van der Waals surface area contributed by atoms with Crippen LogP contribution in [-0.4, -0.2) is 57.1 Å². The fourth-order valence-electron chi connectivity index (χ4n) is 3.27. The summed E-state index contributed by atoms with van der Waals surface area (Å²) >= 11 is 0. The zero-order valence-electron chi connectivity index (χ0n) is 18.8. The molecule has 6 heteroatoms. The molecule has 1 N–H and O–H groups in total. The van der Waals surface area contributed by atoms with Crippen molar-refractivity contribution < 1.29 is 28.8 Å². The van der Waals surface area contributed by atoms with Crippen LogP contribution in [0.15, 0.2) is 24.3 Å². The second kappa shape index (κ2) is 15.6. The minimum atomic E-state index is -0.415. The van der Waals surface area contributed by atoms with Crippen LogP contribution in [0, 0.1) is 5.92 Å². The number of hydrogen-bond acceptors (Lipinski definition) is 6. The molecule has 0 spiro atoms. The highest BCUT2D eigenvalue weighted by Gasteiger charge is 2.28. The topological polar surface area (TPSA) is 66.4 Å². The summed E-state index contributed by atoms with van der Waals surface area (Å²) in [6, 6.07) is 7.86. The molecule has 0 aliphatic carbocycles. The molecule has 0 aliphatic rings. The van der Waals surface area contributed by atoms with Gasteiger partial charge in [0.05, 0.1) is 39.1 Å². The summed E-state index contributed by atoms with van der Waals surface area (Å²) < 4.78 is 28.5. The van der Waals surface area contributed by atoms with E-state index in [4.69, 9.17) is 23.7 Å². The highest BCUT2D eigenvalue weighted by atomic mass is 16.7. The van der Waals surface area contributed by atoms with Crippen LogP contribution in [0.2, 0.25) is 0 Å². The number of hydrogen-bond donors (Lipinski definition) is 1. The Morgan fingerprint density at radius 1 is 0.931 bits per heavy atom. The van der Waals surface area contributed by atoms with Crippen molar-refractivity contribution in [3.63, 3.8) is 0 Å². The number of ether oxygens (including phenoxy) is 5. The number of aliphatic hydroxyl groups is 1. The third kappa shape index (κ3) is 9.92. The van der Waals surface area contributed by atoms with Gasteiger partial charge in [-0.25, -0.2) is 0 Å². The molecule has 0 unspecified atom stereocenters. The van der Waals surface area contributed by atoms with Gasteiger partial charge < -0.3 is 28.8 Å². The Bertz CT molecular complexity index is 501. The van der Waals surface area contributed by atoms with Crippen molar-refractivity contribution in [3.8, 4) is 5.75 Å². The quantitative estimate of drug-likeness (QED) is 0.387. The molecule has 0 radical (unpaired) electrons. The van der Waals surface area contributed by atoms with Crippen LogP contribution >= 0.6 is 0 Å². The Labute approximate surface area is 176 Å². The van der Waals surface area contributed by atoms with E-state index in [1.165, 1.54) is 0 Å². The van der Waals surface area contributed by atoms with Crippen LogP contribution in [0.4, 0.5) is 0 Å². The van der Waals surface area contributed by atoms with Gasteiger partial charge in [0.1, 0.15) is 5.75 Å². The average Bonchev–Trinajstić information content (AvgIpc) is 2.74. The van der Waals surface area contributed by atoms with Crippen LogP contribution in [0.1, 0.15) is 52.5 Å².